The van der Waals surface area contributed by atoms with E-state index < -0.39 is 6.16 Å². The molecule has 0 atom stereocenters. The lowest BCUT2D eigenvalue weighted by atomic mass is 10.6. The number of carbonyl (C=O) groups is 1. The monoisotopic (exact) mass is 216 g/mol. The minimum atomic E-state index is -0.826. The molecule has 0 aliphatic carbocycles. The maximum atomic E-state index is 10.9. The molecule has 0 amide bonds. The van der Waals surface area contributed by atoms with Gasteiger partial charge in [0.1, 0.15) is 10.8 Å². The van der Waals surface area contributed by atoms with Crippen LogP contribution in [0.25, 0.3) is 0 Å². The number of nitrogens with zero attached hydrogens (tertiary/aromatic N) is 2. The first kappa shape index (κ1) is 10.7. The van der Waals surface area contributed by atoms with Crippen molar-refractivity contribution in [2.45, 2.75) is 13.8 Å². The molecule has 0 aromatic carbocycles. The summed E-state index contributed by atoms with van der Waals surface area (Å²) in [6, 6.07) is 0. The maximum absolute atomic E-state index is 10.9. The van der Waals surface area contributed by atoms with E-state index in [9.17, 15) is 4.79 Å². The van der Waals surface area contributed by atoms with Crippen LogP contribution in [0, 0.1) is 6.92 Å². The van der Waals surface area contributed by atoms with Crippen LogP contribution >= 0.6 is 11.6 Å². The number of carbonyl (C=O) groups excluding carboxylic acids is 1. The van der Waals surface area contributed by atoms with Crippen molar-refractivity contribution in [2.75, 3.05) is 6.61 Å². The van der Waals surface area contributed by atoms with Crippen LogP contribution in [0.1, 0.15) is 12.7 Å². The van der Waals surface area contributed by atoms with Gasteiger partial charge >= 0.3 is 6.16 Å². The van der Waals surface area contributed by atoms with Gasteiger partial charge in [-0.15, -0.1) is 0 Å². The molecule has 0 radical (unpaired) electrons. The predicted molar refractivity (Wildman–Crippen MR) is 49.4 cm³/mol. The molecule has 0 saturated carbocycles. The summed E-state index contributed by atoms with van der Waals surface area (Å²) in [6.45, 7) is 3.57. The maximum Gasteiger partial charge on any atom is 0.515 e. The van der Waals surface area contributed by atoms with Crippen LogP contribution in [0.3, 0.4) is 0 Å². The van der Waals surface area contributed by atoms with Gasteiger partial charge in [0.05, 0.1) is 12.8 Å². The fraction of sp³-hybridized carbons (Fsp3) is 0.375. The van der Waals surface area contributed by atoms with E-state index in [0.29, 0.717) is 5.82 Å². The summed E-state index contributed by atoms with van der Waals surface area (Å²) in [5.41, 5.74) is 0. The lowest BCUT2D eigenvalue weighted by Crippen LogP contribution is -2.11. The Balaban J connectivity index is 2.75. The normalized spacial score (nSPS) is 9.64. The summed E-state index contributed by atoms with van der Waals surface area (Å²) in [5, 5.41) is 0.170. The Kier molecular flexibility index (Phi) is 3.64. The third kappa shape index (κ3) is 2.85. The number of rotatable bonds is 2. The second-order valence-corrected chi connectivity index (χ2v) is 2.76. The molecule has 0 N–H and O–H groups in total. The SMILES string of the molecule is CCOC(=O)Oc1nc(C)ncc1Cl. The first-order valence-corrected chi connectivity index (χ1v) is 4.35. The Labute approximate surface area is 86.0 Å². The summed E-state index contributed by atoms with van der Waals surface area (Å²) in [4.78, 5) is 18.6. The fourth-order valence-corrected chi connectivity index (χ4v) is 0.862. The van der Waals surface area contributed by atoms with E-state index in [4.69, 9.17) is 16.3 Å². The lowest BCUT2D eigenvalue weighted by molar-refractivity contribution is 0.102. The Morgan fingerprint density at radius 1 is 1.64 bits per heavy atom. The van der Waals surface area contributed by atoms with Gasteiger partial charge in [-0.1, -0.05) is 11.6 Å². The number of aromatic nitrogens is 2. The van der Waals surface area contributed by atoms with Gasteiger partial charge < -0.3 is 9.47 Å². The molecule has 1 aromatic rings. The molecular formula is C8H9ClN2O3. The molecule has 0 aliphatic rings. The molecule has 76 valence electrons. The van der Waals surface area contributed by atoms with Gasteiger partial charge in [-0.3, -0.25) is 0 Å². The molecule has 1 aromatic heterocycles. The molecule has 6 heteroatoms. The molecule has 0 aliphatic heterocycles. The molecule has 14 heavy (non-hydrogen) atoms. The second-order valence-electron chi connectivity index (χ2n) is 2.36. The van der Waals surface area contributed by atoms with Crippen LogP contribution in [-0.4, -0.2) is 22.7 Å². The molecule has 0 fully saturated rings. The first-order chi connectivity index (χ1) is 6.63. The van der Waals surface area contributed by atoms with Crippen LogP contribution in [0.4, 0.5) is 4.79 Å². The number of hydrogen-bond donors (Lipinski definition) is 0. The van der Waals surface area contributed by atoms with Gasteiger partial charge in [0.25, 0.3) is 0 Å². The fourth-order valence-electron chi connectivity index (χ4n) is 0.732. The van der Waals surface area contributed by atoms with E-state index in [1.54, 1.807) is 13.8 Å². The highest BCUT2D eigenvalue weighted by atomic mass is 35.5. The Morgan fingerprint density at radius 2 is 2.36 bits per heavy atom. The van der Waals surface area contributed by atoms with Gasteiger partial charge in [-0.05, 0) is 13.8 Å². The van der Waals surface area contributed by atoms with Crippen molar-refractivity contribution < 1.29 is 14.3 Å². The quantitative estimate of drug-likeness (QED) is 0.708. The zero-order valence-electron chi connectivity index (χ0n) is 7.78. The third-order valence-electron chi connectivity index (χ3n) is 1.27. The van der Waals surface area contributed by atoms with Gasteiger partial charge in [0.15, 0.2) is 0 Å². The smallest absolute Gasteiger partial charge is 0.434 e. The highest BCUT2D eigenvalue weighted by molar-refractivity contribution is 6.31. The molecule has 0 saturated heterocycles. The van der Waals surface area contributed by atoms with Crippen molar-refractivity contribution >= 4 is 17.8 Å². The van der Waals surface area contributed by atoms with E-state index in [-0.39, 0.29) is 17.5 Å². The van der Waals surface area contributed by atoms with Crippen molar-refractivity contribution in [1.82, 2.24) is 9.97 Å². The molecule has 5 nitrogen and oxygen atoms in total. The lowest BCUT2D eigenvalue weighted by Gasteiger charge is -2.04. The van der Waals surface area contributed by atoms with Crippen molar-refractivity contribution in [3.8, 4) is 5.88 Å². The average molecular weight is 217 g/mol. The highest BCUT2D eigenvalue weighted by Crippen LogP contribution is 2.20. The number of hydrogen-bond acceptors (Lipinski definition) is 5. The molecule has 0 spiro atoms. The largest absolute Gasteiger partial charge is 0.515 e. The summed E-state index contributed by atoms with van der Waals surface area (Å²) in [5.74, 6) is 0.478. The van der Waals surface area contributed by atoms with Gasteiger partial charge in [-0.2, -0.15) is 4.98 Å². The van der Waals surface area contributed by atoms with E-state index in [2.05, 4.69) is 14.7 Å². The first-order valence-electron chi connectivity index (χ1n) is 3.97. The summed E-state index contributed by atoms with van der Waals surface area (Å²) in [6.07, 6.45) is 0.533. The molecular weight excluding hydrogens is 208 g/mol. The topological polar surface area (TPSA) is 61.3 Å². The minimum absolute atomic E-state index is 0.0117. The summed E-state index contributed by atoms with van der Waals surface area (Å²) >= 11 is 5.68. The van der Waals surface area contributed by atoms with E-state index in [1.165, 1.54) is 6.20 Å². The number of aryl methyl sites for hydroxylation is 1. The van der Waals surface area contributed by atoms with Crippen LogP contribution in [0.2, 0.25) is 5.02 Å². The van der Waals surface area contributed by atoms with Crippen LogP contribution < -0.4 is 4.74 Å². The summed E-state index contributed by atoms with van der Waals surface area (Å²) in [7, 11) is 0. The molecule has 0 bridgehead atoms. The van der Waals surface area contributed by atoms with Crippen LogP contribution in [0.15, 0.2) is 6.20 Å². The Bertz CT molecular complexity index is 343. The Hall–Kier alpha value is -1.36. The van der Waals surface area contributed by atoms with E-state index in [1.807, 2.05) is 0 Å². The zero-order chi connectivity index (χ0) is 10.6. The van der Waals surface area contributed by atoms with Gasteiger partial charge in [-0.25, -0.2) is 9.78 Å². The molecule has 1 heterocycles. The minimum Gasteiger partial charge on any atom is -0.434 e. The van der Waals surface area contributed by atoms with Crippen LogP contribution in [-0.2, 0) is 4.74 Å². The van der Waals surface area contributed by atoms with Crippen molar-refractivity contribution in [3.05, 3.63) is 17.0 Å². The standard InChI is InChI=1S/C8H9ClN2O3/c1-3-13-8(12)14-7-6(9)4-10-5(2)11-7/h4H,3H2,1-2H3. The van der Waals surface area contributed by atoms with Crippen molar-refractivity contribution in [1.29, 1.82) is 0 Å². The number of ether oxygens (including phenoxy) is 2. The molecule has 1 rings (SSSR count). The zero-order valence-corrected chi connectivity index (χ0v) is 8.54. The average Bonchev–Trinajstić information content (AvgIpc) is 2.12. The van der Waals surface area contributed by atoms with Gasteiger partial charge in [0.2, 0.25) is 5.88 Å². The van der Waals surface area contributed by atoms with E-state index in [0.717, 1.165) is 0 Å². The van der Waals surface area contributed by atoms with Gasteiger partial charge in [0, 0.05) is 0 Å². The Morgan fingerprint density at radius 3 is 3.00 bits per heavy atom. The second kappa shape index (κ2) is 4.76. The summed E-state index contributed by atoms with van der Waals surface area (Å²) < 4.78 is 9.28. The van der Waals surface area contributed by atoms with Crippen LogP contribution in [0.5, 0.6) is 5.88 Å². The highest BCUT2D eigenvalue weighted by Gasteiger charge is 2.10. The van der Waals surface area contributed by atoms with Crippen molar-refractivity contribution in [2.24, 2.45) is 0 Å². The molecule has 0 unspecified atom stereocenters. The van der Waals surface area contributed by atoms with E-state index >= 15 is 0 Å². The predicted octanol–water partition coefficient (Wildman–Crippen LogP) is 1.97. The third-order valence-corrected chi connectivity index (χ3v) is 1.53. The number of halogens is 1. The van der Waals surface area contributed by atoms with Crippen molar-refractivity contribution in [3.63, 3.8) is 0 Å².